The molecule has 0 unspecified atom stereocenters. The summed E-state index contributed by atoms with van der Waals surface area (Å²) in [6.07, 6.45) is -8.10. The highest BCUT2D eigenvalue weighted by molar-refractivity contribution is 7.98. The average molecular weight is 404 g/mol. The molecule has 0 bridgehead atoms. The second-order valence-electron chi connectivity index (χ2n) is 5.42. The van der Waals surface area contributed by atoms with Crippen LogP contribution in [0.1, 0.15) is 11.1 Å². The predicted molar refractivity (Wildman–Crippen MR) is 87.0 cm³/mol. The number of rotatable bonds is 3. The molecule has 0 saturated heterocycles. The van der Waals surface area contributed by atoms with Gasteiger partial charge in [0.25, 0.3) is 5.89 Å². The summed E-state index contributed by atoms with van der Waals surface area (Å²) >= 11 is 1.38. The van der Waals surface area contributed by atoms with Crippen molar-refractivity contribution in [2.45, 2.75) is 17.2 Å². The number of nitrogens with zero attached hydrogens (tertiary/aromatic N) is 2. The predicted octanol–water partition coefficient (Wildman–Crippen LogP) is 6.16. The van der Waals surface area contributed by atoms with Crippen LogP contribution in [0.5, 0.6) is 0 Å². The Morgan fingerprint density at radius 1 is 0.889 bits per heavy atom. The van der Waals surface area contributed by atoms with E-state index in [0.29, 0.717) is 17.7 Å². The zero-order chi connectivity index (χ0) is 19.8. The van der Waals surface area contributed by atoms with Crippen LogP contribution >= 0.6 is 11.8 Å². The van der Waals surface area contributed by atoms with Gasteiger partial charge in [0.2, 0.25) is 5.82 Å². The van der Waals surface area contributed by atoms with Crippen LogP contribution in [0.25, 0.3) is 22.8 Å². The molecule has 0 aliphatic carbocycles. The number of alkyl halides is 6. The summed E-state index contributed by atoms with van der Waals surface area (Å²) in [6.45, 7) is 0. The maximum atomic E-state index is 13.0. The van der Waals surface area contributed by atoms with Gasteiger partial charge in [-0.3, -0.25) is 0 Å². The SMILES string of the molecule is CSc1ccccc1-c1nc(-c2cc(C(F)(F)F)cc(C(F)(F)F)c2)no1. The second kappa shape index (κ2) is 6.91. The molecule has 27 heavy (non-hydrogen) atoms. The Morgan fingerprint density at radius 3 is 2.04 bits per heavy atom. The van der Waals surface area contributed by atoms with Crippen molar-refractivity contribution in [1.82, 2.24) is 10.1 Å². The molecule has 0 fully saturated rings. The zero-order valence-corrected chi connectivity index (χ0v) is 14.3. The van der Waals surface area contributed by atoms with Gasteiger partial charge in [-0.1, -0.05) is 17.3 Å². The molecule has 1 heterocycles. The molecule has 0 aliphatic rings. The van der Waals surface area contributed by atoms with Gasteiger partial charge >= 0.3 is 12.4 Å². The highest BCUT2D eigenvalue weighted by Gasteiger charge is 2.37. The number of benzene rings is 2. The number of aromatic nitrogens is 2. The van der Waals surface area contributed by atoms with Crippen LogP contribution in [0, 0.1) is 0 Å². The molecule has 10 heteroatoms. The van der Waals surface area contributed by atoms with E-state index in [1.807, 2.05) is 0 Å². The Kier molecular flexibility index (Phi) is 4.94. The summed E-state index contributed by atoms with van der Waals surface area (Å²) in [7, 11) is 0. The molecule has 2 aromatic carbocycles. The Morgan fingerprint density at radius 2 is 1.48 bits per heavy atom. The van der Waals surface area contributed by atoms with Gasteiger partial charge in [0.1, 0.15) is 0 Å². The number of halogens is 6. The highest BCUT2D eigenvalue weighted by atomic mass is 32.2. The minimum absolute atomic E-state index is 0.000852. The van der Waals surface area contributed by atoms with Crippen molar-refractivity contribution in [3.8, 4) is 22.8 Å². The number of hydrogen-bond donors (Lipinski definition) is 0. The van der Waals surface area contributed by atoms with E-state index < -0.39 is 29.0 Å². The standard InChI is InChI=1S/C17H10F6N2OS/c1-27-13-5-3-2-4-12(13)15-24-14(25-26-15)9-6-10(16(18,19)20)8-11(7-9)17(21,22)23/h2-8H,1H3. The van der Waals surface area contributed by atoms with Crippen molar-refractivity contribution in [2.24, 2.45) is 0 Å². The van der Waals surface area contributed by atoms with Gasteiger partial charge in [-0.15, -0.1) is 11.8 Å². The molecule has 0 saturated carbocycles. The van der Waals surface area contributed by atoms with E-state index in [1.54, 1.807) is 30.5 Å². The summed E-state index contributed by atoms with van der Waals surface area (Å²) in [4.78, 5) is 4.75. The van der Waals surface area contributed by atoms with Gasteiger partial charge in [-0.2, -0.15) is 31.3 Å². The maximum Gasteiger partial charge on any atom is 0.416 e. The molecular formula is C17H10F6N2OS. The Hall–Kier alpha value is -2.49. The Labute approximate surface area is 153 Å². The monoisotopic (exact) mass is 404 g/mol. The van der Waals surface area contributed by atoms with Crippen LogP contribution < -0.4 is 0 Å². The van der Waals surface area contributed by atoms with Gasteiger partial charge in [-0.25, -0.2) is 0 Å². The van der Waals surface area contributed by atoms with E-state index >= 15 is 0 Å². The molecule has 3 rings (SSSR count). The third kappa shape index (κ3) is 4.10. The highest BCUT2D eigenvalue weighted by Crippen LogP contribution is 2.38. The van der Waals surface area contributed by atoms with Gasteiger partial charge in [0.05, 0.1) is 16.7 Å². The summed E-state index contributed by atoms with van der Waals surface area (Å²) in [6, 6.07) is 8.08. The molecule has 0 atom stereocenters. The first-order chi connectivity index (χ1) is 12.6. The molecule has 0 aliphatic heterocycles. The molecule has 0 N–H and O–H groups in total. The fraction of sp³-hybridized carbons (Fsp3) is 0.176. The van der Waals surface area contributed by atoms with E-state index in [0.717, 1.165) is 4.90 Å². The largest absolute Gasteiger partial charge is 0.416 e. The Balaban J connectivity index is 2.11. The van der Waals surface area contributed by atoms with Gasteiger partial charge in [0, 0.05) is 10.5 Å². The molecule has 3 aromatic rings. The Bertz CT molecular complexity index is 932. The van der Waals surface area contributed by atoms with Crippen LogP contribution in [0.15, 0.2) is 51.9 Å². The first-order valence-electron chi connectivity index (χ1n) is 7.36. The van der Waals surface area contributed by atoms with E-state index in [-0.39, 0.29) is 17.8 Å². The molecule has 1 aromatic heterocycles. The van der Waals surface area contributed by atoms with Gasteiger partial charge in [-0.05, 0) is 36.6 Å². The number of hydrogen-bond acceptors (Lipinski definition) is 4. The fourth-order valence-corrected chi connectivity index (χ4v) is 2.95. The number of thioether (sulfide) groups is 1. The van der Waals surface area contributed by atoms with Crippen molar-refractivity contribution in [3.63, 3.8) is 0 Å². The van der Waals surface area contributed by atoms with Crippen LogP contribution in [0.2, 0.25) is 0 Å². The molecular weight excluding hydrogens is 394 g/mol. The minimum atomic E-state index is -4.95. The quantitative estimate of drug-likeness (QED) is 0.387. The molecule has 0 spiro atoms. The van der Waals surface area contributed by atoms with Crippen LogP contribution in [0.4, 0.5) is 26.3 Å². The summed E-state index contributed by atoms with van der Waals surface area (Å²) < 4.78 is 83.0. The van der Waals surface area contributed by atoms with Crippen LogP contribution in [-0.4, -0.2) is 16.4 Å². The van der Waals surface area contributed by atoms with E-state index in [4.69, 9.17) is 4.52 Å². The van der Waals surface area contributed by atoms with Crippen molar-refractivity contribution in [1.29, 1.82) is 0 Å². The van der Waals surface area contributed by atoms with Crippen LogP contribution in [-0.2, 0) is 12.4 Å². The lowest BCUT2D eigenvalue weighted by Crippen LogP contribution is -2.11. The lowest BCUT2D eigenvalue weighted by Gasteiger charge is -2.12. The lowest BCUT2D eigenvalue weighted by atomic mass is 10.0. The van der Waals surface area contributed by atoms with Crippen molar-refractivity contribution >= 4 is 11.8 Å². The minimum Gasteiger partial charge on any atom is -0.334 e. The second-order valence-corrected chi connectivity index (χ2v) is 6.27. The average Bonchev–Trinajstić information content (AvgIpc) is 3.09. The van der Waals surface area contributed by atoms with Crippen LogP contribution in [0.3, 0.4) is 0 Å². The summed E-state index contributed by atoms with van der Waals surface area (Å²) in [5, 5.41) is 3.55. The molecule has 0 amide bonds. The van der Waals surface area contributed by atoms with Gasteiger partial charge in [0.15, 0.2) is 0 Å². The van der Waals surface area contributed by atoms with Crippen molar-refractivity contribution in [2.75, 3.05) is 6.26 Å². The third-order valence-electron chi connectivity index (χ3n) is 3.61. The van der Waals surface area contributed by atoms with E-state index in [9.17, 15) is 26.3 Å². The first-order valence-corrected chi connectivity index (χ1v) is 8.59. The van der Waals surface area contributed by atoms with E-state index in [1.165, 1.54) is 11.8 Å². The maximum absolute atomic E-state index is 13.0. The summed E-state index contributed by atoms with van der Waals surface area (Å²) in [5.74, 6) is -0.363. The molecule has 0 radical (unpaired) electrons. The molecule has 142 valence electrons. The van der Waals surface area contributed by atoms with E-state index in [2.05, 4.69) is 10.1 Å². The fourth-order valence-electron chi connectivity index (χ4n) is 2.36. The third-order valence-corrected chi connectivity index (χ3v) is 4.41. The molecule has 3 nitrogen and oxygen atoms in total. The first kappa shape index (κ1) is 19.3. The topological polar surface area (TPSA) is 38.9 Å². The summed E-state index contributed by atoms with van der Waals surface area (Å²) in [5.41, 5.74) is -2.79. The van der Waals surface area contributed by atoms with Gasteiger partial charge < -0.3 is 4.52 Å². The normalized spacial score (nSPS) is 12.4. The lowest BCUT2D eigenvalue weighted by molar-refractivity contribution is -0.143. The zero-order valence-electron chi connectivity index (χ0n) is 13.5. The smallest absolute Gasteiger partial charge is 0.334 e. The van der Waals surface area contributed by atoms with Crippen molar-refractivity contribution in [3.05, 3.63) is 53.6 Å². The van der Waals surface area contributed by atoms with Crippen molar-refractivity contribution < 1.29 is 30.9 Å².